The molecule has 0 aromatic heterocycles. The first-order chi connectivity index (χ1) is 5.15. The lowest BCUT2D eigenvalue weighted by Gasteiger charge is -1.98. The Morgan fingerprint density at radius 2 is 1.82 bits per heavy atom. The molecule has 0 bridgehead atoms. The van der Waals surface area contributed by atoms with E-state index in [0.29, 0.717) is 18.7 Å². The maximum Gasteiger partial charge on any atom is 0.164 e. The number of hydrogen-bond acceptors (Lipinski definition) is 1. The molecule has 0 aliphatic carbocycles. The molecule has 0 heterocycles. The van der Waals surface area contributed by atoms with Crippen molar-refractivity contribution in [1.29, 1.82) is 0 Å². The molecule has 59 valence electrons. The molecule has 0 spiro atoms. The van der Waals surface area contributed by atoms with Crippen LogP contribution in [0.3, 0.4) is 0 Å². The van der Waals surface area contributed by atoms with Crippen LogP contribution in [0.2, 0.25) is 0 Å². The van der Waals surface area contributed by atoms with Crippen molar-refractivity contribution >= 4 is 0 Å². The number of aliphatic hydroxyl groups is 1. The molecule has 1 N–H and O–H groups in total. The Balaban J connectivity index is 3.24. The molecule has 1 rings (SSSR count). The van der Waals surface area contributed by atoms with E-state index >= 15 is 0 Å². The van der Waals surface area contributed by atoms with Gasteiger partial charge in [0.2, 0.25) is 0 Å². The summed E-state index contributed by atoms with van der Waals surface area (Å²) in [6.45, 7) is 0.307. The van der Waals surface area contributed by atoms with Gasteiger partial charge in [-0.15, -0.1) is 0 Å². The standard InChI is InChI=1S/C7H4F3O/c8-5-1-4(3-11)7(10)6(9)2-5/h1-3,11H. The van der Waals surface area contributed by atoms with E-state index in [1.165, 1.54) is 0 Å². The van der Waals surface area contributed by atoms with E-state index < -0.39 is 23.0 Å². The lowest BCUT2D eigenvalue weighted by Crippen LogP contribution is -1.93. The van der Waals surface area contributed by atoms with Gasteiger partial charge in [-0.3, -0.25) is 0 Å². The largest absolute Gasteiger partial charge is 0.385 e. The summed E-state index contributed by atoms with van der Waals surface area (Å²) < 4.78 is 37.0. The van der Waals surface area contributed by atoms with E-state index in [-0.39, 0.29) is 0 Å². The van der Waals surface area contributed by atoms with Crippen LogP contribution >= 0.6 is 0 Å². The topological polar surface area (TPSA) is 20.2 Å². The third-order valence-electron chi connectivity index (χ3n) is 1.16. The van der Waals surface area contributed by atoms with Crippen LogP contribution in [0.15, 0.2) is 12.1 Å². The van der Waals surface area contributed by atoms with Gasteiger partial charge < -0.3 is 5.11 Å². The summed E-state index contributed by atoms with van der Waals surface area (Å²) in [5.74, 6) is -3.50. The van der Waals surface area contributed by atoms with Gasteiger partial charge in [-0.25, -0.2) is 13.2 Å². The smallest absolute Gasteiger partial charge is 0.164 e. The third-order valence-corrected chi connectivity index (χ3v) is 1.16. The molecule has 1 aromatic carbocycles. The van der Waals surface area contributed by atoms with Gasteiger partial charge in [0.05, 0.1) is 0 Å². The minimum absolute atomic E-state index is 0.307. The Morgan fingerprint density at radius 3 is 2.36 bits per heavy atom. The summed E-state index contributed by atoms with van der Waals surface area (Å²) in [5, 5.41) is 8.27. The van der Waals surface area contributed by atoms with Crippen molar-refractivity contribution in [2.45, 2.75) is 0 Å². The number of aliphatic hydroxyl groups excluding tert-OH is 1. The summed E-state index contributed by atoms with van der Waals surface area (Å²) >= 11 is 0. The summed E-state index contributed by atoms with van der Waals surface area (Å²) in [6, 6.07) is 1.10. The maximum atomic E-state index is 12.4. The van der Waals surface area contributed by atoms with Crippen LogP contribution < -0.4 is 0 Å². The van der Waals surface area contributed by atoms with Gasteiger partial charge >= 0.3 is 0 Å². The molecule has 0 fully saturated rings. The van der Waals surface area contributed by atoms with Crippen molar-refractivity contribution in [2.24, 2.45) is 0 Å². The summed E-state index contributed by atoms with van der Waals surface area (Å²) in [4.78, 5) is 0. The molecule has 0 atom stereocenters. The van der Waals surface area contributed by atoms with Crippen LogP contribution in [0.1, 0.15) is 5.56 Å². The fourth-order valence-corrected chi connectivity index (χ4v) is 0.670. The van der Waals surface area contributed by atoms with E-state index in [9.17, 15) is 13.2 Å². The minimum Gasteiger partial charge on any atom is -0.385 e. The van der Waals surface area contributed by atoms with E-state index in [4.69, 9.17) is 5.11 Å². The second-order valence-electron chi connectivity index (χ2n) is 1.92. The fourth-order valence-electron chi connectivity index (χ4n) is 0.670. The molecule has 0 amide bonds. The molecule has 4 heteroatoms. The monoisotopic (exact) mass is 161 g/mol. The van der Waals surface area contributed by atoms with Gasteiger partial charge in [-0.05, 0) is 6.07 Å². The zero-order chi connectivity index (χ0) is 8.43. The molecule has 0 saturated carbocycles. The van der Waals surface area contributed by atoms with Crippen molar-refractivity contribution in [1.82, 2.24) is 0 Å². The van der Waals surface area contributed by atoms with Crippen LogP contribution in [0.5, 0.6) is 0 Å². The van der Waals surface area contributed by atoms with Crippen LogP contribution in [0, 0.1) is 24.1 Å². The zero-order valence-corrected chi connectivity index (χ0v) is 5.31. The highest BCUT2D eigenvalue weighted by atomic mass is 19.2. The van der Waals surface area contributed by atoms with Crippen LogP contribution in [0.4, 0.5) is 13.2 Å². The van der Waals surface area contributed by atoms with Gasteiger partial charge in [-0.2, -0.15) is 0 Å². The van der Waals surface area contributed by atoms with Crippen molar-refractivity contribution < 1.29 is 18.3 Å². The Hall–Kier alpha value is -1.03. The summed E-state index contributed by atoms with van der Waals surface area (Å²) in [7, 11) is 0. The van der Waals surface area contributed by atoms with Crippen molar-refractivity contribution in [3.8, 4) is 0 Å². The molecule has 0 aliphatic heterocycles. The first-order valence-corrected chi connectivity index (χ1v) is 2.77. The summed E-state index contributed by atoms with van der Waals surface area (Å²) in [6.07, 6.45) is 0. The number of halogens is 3. The average Bonchev–Trinajstić information content (AvgIpc) is 1.96. The van der Waals surface area contributed by atoms with Crippen LogP contribution in [-0.2, 0) is 0 Å². The molecule has 1 nitrogen and oxygen atoms in total. The number of benzene rings is 1. The highest BCUT2D eigenvalue weighted by Gasteiger charge is 2.09. The van der Waals surface area contributed by atoms with E-state index in [1.807, 2.05) is 0 Å². The quantitative estimate of drug-likeness (QED) is 0.624. The van der Waals surface area contributed by atoms with Crippen molar-refractivity contribution in [3.63, 3.8) is 0 Å². The first kappa shape index (κ1) is 8.07. The average molecular weight is 161 g/mol. The molecule has 0 saturated heterocycles. The zero-order valence-electron chi connectivity index (χ0n) is 5.31. The van der Waals surface area contributed by atoms with E-state index in [0.717, 1.165) is 0 Å². The Labute approximate surface area is 61.1 Å². The molecule has 1 aromatic rings. The highest BCUT2D eigenvalue weighted by Crippen LogP contribution is 2.14. The van der Waals surface area contributed by atoms with Gasteiger partial charge in [0.1, 0.15) is 12.4 Å². The Bertz CT molecular complexity index is 273. The van der Waals surface area contributed by atoms with Gasteiger partial charge in [0.15, 0.2) is 11.6 Å². The van der Waals surface area contributed by atoms with Gasteiger partial charge in [0.25, 0.3) is 0 Å². The molecular weight excluding hydrogens is 157 g/mol. The number of hydrogen-bond donors (Lipinski definition) is 1. The first-order valence-electron chi connectivity index (χ1n) is 2.77. The minimum atomic E-state index is -1.31. The predicted molar refractivity (Wildman–Crippen MR) is 31.7 cm³/mol. The van der Waals surface area contributed by atoms with Crippen molar-refractivity contribution in [3.05, 3.63) is 41.8 Å². The Morgan fingerprint density at radius 1 is 1.18 bits per heavy atom. The van der Waals surface area contributed by atoms with Gasteiger partial charge in [-0.1, -0.05) is 0 Å². The normalized spacial score (nSPS) is 10.2. The maximum absolute atomic E-state index is 12.4. The van der Waals surface area contributed by atoms with E-state index in [1.54, 1.807) is 0 Å². The van der Waals surface area contributed by atoms with Crippen molar-refractivity contribution in [2.75, 3.05) is 0 Å². The molecular formula is C7H4F3O. The highest BCUT2D eigenvalue weighted by molar-refractivity contribution is 5.24. The summed E-state index contributed by atoms with van der Waals surface area (Å²) in [5.41, 5.74) is -0.498. The second kappa shape index (κ2) is 2.92. The number of rotatable bonds is 1. The predicted octanol–water partition coefficient (Wildman–Crippen LogP) is 1.99. The Kier molecular flexibility index (Phi) is 2.14. The van der Waals surface area contributed by atoms with Crippen LogP contribution in [-0.4, -0.2) is 5.11 Å². The fraction of sp³-hybridized carbons (Fsp3) is 0. The van der Waals surface area contributed by atoms with E-state index in [2.05, 4.69) is 0 Å². The molecule has 0 aliphatic rings. The lowest BCUT2D eigenvalue weighted by atomic mass is 10.2. The third kappa shape index (κ3) is 1.51. The van der Waals surface area contributed by atoms with Gasteiger partial charge in [0, 0.05) is 11.6 Å². The molecule has 11 heavy (non-hydrogen) atoms. The molecule has 0 unspecified atom stereocenters. The SMILES string of the molecule is O[CH]c1cc(F)cc(F)c1F. The molecule has 1 radical (unpaired) electrons. The van der Waals surface area contributed by atoms with Crippen LogP contribution in [0.25, 0.3) is 0 Å². The second-order valence-corrected chi connectivity index (χ2v) is 1.92. The lowest BCUT2D eigenvalue weighted by molar-refractivity contribution is 0.398.